The lowest BCUT2D eigenvalue weighted by atomic mass is 9.79. The number of nitrogens with one attached hydrogen (secondary N) is 2. The second kappa shape index (κ2) is 5.34. The third-order valence-corrected chi connectivity index (χ3v) is 4.07. The summed E-state index contributed by atoms with van der Waals surface area (Å²) in [5, 5.41) is 6.78. The minimum Gasteiger partial charge on any atom is -0.398 e. The Labute approximate surface area is 127 Å². The molecule has 4 N–H and O–H groups in total. The summed E-state index contributed by atoms with van der Waals surface area (Å²) in [5.41, 5.74) is 8.22. The van der Waals surface area contributed by atoms with E-state index < -0.39 is 0 Å². The van der Waals surface area contributed by atoms with Gasteiger partial charge in [-0.1, -0.05) is 6.07 Å². The number of nitrogens with two attached hydrogens (primary N) is 1. The highest BCUT2D eigenvalue weighted by atomic mass is 16.1. The van der Waals surface area contributed by atoms with Crippen LogP contribution >= 0.6 is 0 Å². The quantitative estimate of drug-likeness (QED) is 0.733. The normalized spacial score (nSPS) is 21.0. The van der Waals surface area contributed by atoms with E-state index >= 15 is 0 Å². The number of anilines is 1. The summed E-state index contributed by atoms with van der Waals surface area (Å²) in [6, 6.07) is 5.65. The fourth-order valence-electron chi connectivity index (χ4n) is 3.47. The van der Waals surface area contributed by atoms with Crippen LogP contribution in [-0.4, -0.2) is 23.0 Å². The van der Waals surface area contributed by atoms with E-state index in [4.69, 9.17) is 5.73 Å². The molecule has 1 aromatic rings. The molecule has 4 nitrogen and oxygen atoms in total. The van der Waals surface area contributed by atoms with Gasteiger partial charge in [-0.2, -0.15) is 0 Å². The topological polar surface area (TPSA) is 67.2 Å². The predicted octanol–water partition coefficient (Wildman–Crippen LogP) is 2.62. The van der Waals surface area contributed by atoms with Crippen molar-refractivity contribution >= 4 is 11.6 Å². The Bertz CT molecular complexity index is 533. The van der Waals surface area contributed by atoms with E-state index in [1.165, 1.54) is 0 Å². The first-order valence-electron chi connectivity index (χ1n) is 7.54. The average Bonchev–Trinajstić information content (AvgIpc) is 2.28. The highest BCUT2D eigenvalue weighted by Gasteiger charge is 2.38. The molecule has 0 bridgehead atoms. The molecule has 2 rings (SSSR count). The second-order valence-electron chi connectivity index (χ2n) is 7.54. The van der Waals surface area contributed by atoms with Crippen LogP contribution in [-0.2, 0) is 0 Å². The van der Waals surface area contributed by atoms with Gasteiger partial charge in [0.15, 0.2) is 0 Å². The molecule has 1 heterocycles. The number of rotatable bonds is 2. The number of amides is 1. The van der Waals surface area contributed by atoms with E-state index in [2.05, 4.69) is 38.3 Å². The van der Waals surface area contributed by atoms with E-state index in [9.17, 15) is 4.79 Å². The van der Waals surface area contributed by atoms with Crippen LogP contribution in [0, 0.1) is 6.92 Å². The molecule has 0 unspecified atom stereocenters. The molecule has 0 atom stereocenters. The number of benzene rings is 1. The maximum Gasteiger partial charge on any atom is 0.251 e. The largest absolute Gasteiger partial charge is 0.398 e. The molecule has 0 radical (unpaired) electrons. The van der Waals surface area contributed by atoms with Gasteiger partial charge >= 0.3 is 0 Å². The van der Waals surface area contributed by atoms with Gasteiger partial charge in [0.2, 0.25) is 0 Å². The molecular formula is C17H27N3O. The van der Waals surface area contributed by atoms with E-state index in [1.54, 1.807) is 6.07 Å². The molecule has 0 aliphatic carbocycles. The van der Waals surface area contributed by atoms with Crippen molar-refractivity contribution < 1.29 is 4.79 Å². The lowest BCUT2D eigenvalue weighted by Crippen LogP contribution is -2.62. The molecule has 0 aromatic heterocycles. The van der Waals surface area contributed by atoms with Crippen molar-refractivity contribution in [2.75, 3.05) is 5.73 Å². The third-order valence-electron chi connectivity index (χ3n) is 4.07. The van der Waals surface area contributed by atoms with Crippen molar-refractivity contribution in [1.29, 1.82) is 0 Å². The van der Waals surface area contributed by atoms with Crippen LogP contribution < -0.4 is 16.4 Å². The molecule has 1 fully saturated rings. The van der Waals surface area contributed by atoms with Crippen LogP contribution in [0.4, 0.5) is 5.69 Å². The fraction of sp³-hybridized carbons (Fsp3) is 0.588. The van der Waals surface area contributed by atoms with Crippen LogP contribution in [0.1, 0.15) is 56.5 Å². The van der Waals surface area contributed by atoms with E-state index in [-0.39, 0.29) is 23.0 Å². The van der Waals surface area contributed by atoms with Crippen LogP contribution in [0.15, 0.2) is 18.2 Å². The first-order chi connectivity index (χ1) is 9.58. The molecule has 116 valence electrons. The lowest BCUT2D eigenvalue weighted by Gasteiger charge is -2.46. The van der Waals surface area contributed by atoms with Gasteiger partial charge in [0, 0.05) is 28.4 Å². The Hall–Kier alpha value is -1.55. The van der Waals surface area contributed by atoms with Gasteiger partial charge in [0.25, 0.3) is 5.91 Å². The molecular weight excluding hydrogens is 262 g/mol. The Kier molecular flexibility index (Phi) is 4.02. The molecule has 1 aromatic carbocycles. The van der Waals surface area contributed by atoms with Gasteiger partial charge in [0.05, 0.1) is 0 Å². The molecule has 0 spiro atoms. The summed E-state index contributed by atoms with van der Waals surface area (Å²) in [6.45, 7) is 10.6. The average molecular weight is 289 g/mol. The first kappa shape index (κ1) is 15.8. The van der Waals surface area contributed by atoms with E-state index in [0.717, 1.165) is 18.4 Å². The monoisotopic (exact) mass is 289 g/mol. The number of hydrogen-bond acceptors (Lipinski definition) is 3. The van der Waals surface area contributed by atoms with Crippen LogP contribution in [0.2, 0.25) is 0 Å². The summed E-state index contributed by atoms with van der Waals surface area (Å²) < 4.78 is 0. The van der Waals surface area contributed by atoms with Gasteiger partial charge < -0.3 is 16.4 Å². The highest BCUT2D eigenvalue weighted by Crippen LogP contribution is 2.28. The first-order valence-corrected chi connectivity index (χ1v) is 7.54. The van der Waals surface area contributed by atoms with Crippen LogP contribution in [0.25, 0.3) is 0 Å². The Balaban J connectivity index is 2.10. The Morgan fingerprint density at radius 1 is 1.24 bits per heavy atom. The SMILES string of the molecule is Cc1ccc(C(=O)NC2CC(C)(C)NC(C)(C)C2)cc1N. The summed E-state index contributed by atoms with van der Waals surface area (Å²) in [7, 11) is 0. The molecule has 1 aliphatic heterocycles. The number of aryl methyl sites for hydroxylation is 1. The number of hydrogen-bond donors (Lipinski definition) is 3. The molecule has 1 aliphatic rings. The number of nitrogen functional groups attached to an aromatic ring is 1. The molecule has 1 amide bonds. The van der Waals surface area contributed by atoms with Crippen molar-refractivity contribution in [2.45, 2.75) is 64.6 Å². The molecule has 0 saturated carbocycles. The molecule has 1 saturated heterocycles. The van der Waals surface area contributed by atoms with E-state index in [0.29, 0.717) is 11.3 Å². The minimum atomic E-state index is -0.0415. The van der Waals surface area contributed by atoms with Gasteiger partial charge in [0.1, 0.15) is 0 Å². The van der Waals surface area contributed by atoms with Gasteiger partial charge in [-0.15, -0.1) is 0 Å². The highest BCUT2D eigenvalue weighted by molar-refractivity contribution is 5.95. The van der Waals surface area contributed by atoms with Gasteiger partial charge in [-0.05, 0) is 65.2 Å². The van der Waals surface area contributed by atoms with Crippen LogP contribution in [0.5, 0.6) is 0 Å². The summed E-state index contributed by atoms with van der Waals surface area (Å²) in [6.07, 6.45) is 1.84. The Morgan fingerprint density at radius 3 is 2.33 bits per heavy atom. The zero-order chi connectivity index (χ0) is 15.8. The maximum atomic E-state index is 12.4. The van der Waals surface area contributed by atoms with Crippen molar-refractivity contribution in [3.05, 3.63) is 29.3 Å². The third kappa shape index (κ3) is 3.97. The van der Waals surface area contributed by atoms with Crippen molar-refractivity contribution in [1.82, 2.24) is 10.6 Å². The smallest absolute Gasteiger partial charge is 0.251 e. The molecule has 21 heavy (non-hydrogen) atoms. The summed E-state index contributed by atoms with van der Waals surface area (Å²) >= 11 is 0. The van der Waals surface area contributed by atoms with Crippen molar-refractivity contribution in [3.8, 4) is 0 Å². The van der Waals surface area contributed by atoms with Gasteiger partial charge in [-0.3, -0.25) is 4.79 Å². The van der Waals surface area contributed by atoms with E-state index in [1.807, 2.05) is 19.1 Å². The van der Waals surface area contributed by atoms with Crippen molar-refractivity contribution in [3.63, 3.8) is 0 Å². The number of piperidine rings is 1. The predicted molar refractivity (Wildman–Crippen MR) is 87.4 cm³/mol. The van der Waals surface area contributed by atoms with Crippen molar-refractivity contribution in [2.24, 2.45) is 0 Å². The maximum absolute atomic E-state index is 12.4. The van der Waals surface area contributed by atoms with Crippen LogP contribution in [0.3, 0.4) is 0 Å². The minimum absolute atomic E-state index is 0.0198. The zero-order valence-electron chi connectivity index (χ0n) is 13.7. The standard InChI is InChI=1S/C17H27N3O/c1-11-6-7-12(8-14(11)18)15(21)19-13-9-16(2,3)20-17(4,5)10-13/h6-8,13,20H,9-10,18H2,1-5H3,(H,19,21). The Morgan fingerprint density at radius 2 is 1.81 bits per heavy atom. The number of carbonyl (C=O) groups is 1. The summed E-state index contributed by atoms with van der Waals surface area (Å²) in [4.78, 5) is 12.4. The lowest BCUT2D eigenvalue weighted by molar-refractivity contribution is 0.0873. The second-order valence-corrected chi connectivity index (χ2v) is 7.54. The number of carbonyl (C=O) groups excluding carboxylic acids is 1. The van der Waals surface area contributed by atoms with Gasteiger partial charge in [-0.25, -0.2) is 0 Å². The fourth-order valence-corrected chi connectivity index (χ4v) is 3.47. The summed E-state index contributed by atoms with van der Waals surface area (Å²) in [5.74, 6) is -0.0415. The molecule has 4 heteroatoms. The zero-order valence-corrected chi connectivity index (χ0v) is 13.7.